The Bertz CT molecular complexity index is 564. The maximum Gasteiger partial charge on any atom is 0.193 e. The lowest BCUT2D eigenvalue weighted by Gasteiger charge is -2.04. The van der Waals surface area contributed by atoms with Gasteiger partial charge >= 0.3 is 0 Å². The average molecular weight is 235 g/mol. The molecule has 2 nitrogen and oxygen atoms in total. The van der Waals surface area contributed by atoms with E-state index in [4.69, 9.17) is 6.42 Å². The molecular formula is C16H13NO. The van der Waals surface area contributed by atoms with Gasteiger partial charge in [-0.2, -0.15) is 0 Å². The summed E-state index contributed by atoms with van der Waals surface area (Å²) in [5.41, 5.74) is 2.28. The Hall–Kier alpha value is -2.53. The highest BCUT2D eigenvalue weighted by atomic mass is 16.1. The lowest BCUT2D eigenvalue weighted by molar-refractivity contribution is 0.103. The van der Waals surface area contributed by atoms with E-state index in [2.05, 4.69) is 11.2 Å². The summed E-state index contributed by atoms with van der Waals surface area (Å²) < 4.78 is 0. The fourth-order valence-corrected chi connectivity index (χ4v) is 1.65. The van der Waals surface area contributed by atoms with Crippen LogP contribution in [-0.4, -0.2) is 12.3 Å². The molecule has 0 aromatic heterocycles. The van der Waals surface area contributed by atoms with Gasteiger partial charge in [-0.15, -0.1) is 6.42 Å². The van der Waals surface area contributed by atoms with Gasteiger partial charge in [0.2, 0.25) is 0 Å². The normalized spacial score (nSPS) is 9.50. The van der Waals surface area contributed by atoms with Crippen LogP contribution in [0.3, 0.4) is 0 Å². The van der Waals surface area contributed by atoms with Crippen LogP contribution >= 0.6 is 0 Å². The second-order valence-corrected chi connectivity index (χ2v) is 3.83. The number of ketones is 1. The number of terminal acetylenes is 1. The summed E-state index contributed by atoms with van der Waals surface area (Å²) >= 11 is 0. The van der Waals surface area contributed by atoms with E-state index < -0.39 is 0 Å². The molecule has 0 heterocycles. The second kappa shape index (κ2) is 5.70. The molecule has 2 rings (SSSR count). The number of hydrogen-bond donors (Lipinski definition) is 1. The Labute approximate surface area is 107 Å². The number of anilines is 1. The summed E-state index contributed by atoms with van der Waals surface area (Å²) in [7, 11) is 0. The van der Waals surface area contributed by atoms with Crippen LogP contribution in [-0.2, 0) is 0 Å². The highest BCUT2D eigenvalue weighted by Crippen LogP contribution is 2.13. The molecule has 0 saturated heterocycles. The van der Waals surface area contributed by atoms with Crippen LogP contribution < -0.4 is 5.32 Å². The minimum absolute atomic E-state index is 0.0269. The molecule has 0 fully saturated rings. The summed E-state index contributed by atoms with van der Waals surface area (Å²) in [4.78, 5) is 12.1. The van der Waals surface area contributed by atoms with Crippen molar-refractivity contribution >= 4 is 11.5 Å². The van der Waals surface area contributed by atoms with Crippen molar-refractivity contribution in [2.45, 2.75) is 0 Å². The third kappa shape index (κ3) is 2.78. The van der Waals surface area contributed by atoms with Gasteiger partial charge in [0.1, 0.15) is 0 Å². The highest BCUT2D eigenvalue weighted by Gasteiger charge is 2.07. The van der Waals surface area contributed by atoms with Crippen LogP contribution in [0.5, 0.6) is 0 Å². The Kier molecular flexibility index (Phi) is 3.78. The molecular weight excluding hydrogens is 222 g/mol. The summed E-state index contributed by atoms with van der Waals surface area (Å²) in [5.74, 6) is 2.53. The van der Waals surface area contributed by atoms with E-state index in [0.29, 0.717) is 17.7 Å². The van der Waals surface area contributed by atoms with E-state index in [9.17, 15) is 4.79 Å². The zero-order valence-electron chi connectivity index (χ0n) is 9.89. The minimum Gasteiger partial charge on any atom is -0.374 e. The molecule has 0 saturated carbocycles. The molecule has 18 heavy (non-hydrogen) atoms. The molecule has 0 bridgehead atoms. The number of carbonyl (C=O) groups excluding carboxylic acids is 1. The van der Waals surface area contributed by atoms with Crippen LogP contribution in [0.1, 0.15) is 15.9 Å². The third-order valence-electron chi connectivity index (χ3n) is 2.58. The largest absolute Gasteiger partial charge is 0.374 e. The van der Waals surface area contributed by atoms with Gasteiger partial charge in [0.15, 0.2) is 5.78 Å². The molecule has 2 aromatic carbocycles. The monoisotopic (exact) mass is 235 g/mol. The highest BCUT2D eigenvalue weighted by molar-refractivity contribution is 6.09. The fraction of sp³-hybridized carbons (Fsp3) is 0.0625. The number of nitrogens with one attached hydrogen (secondary N) is 1. The van der Waals surface area contributed by atoms with Gasteiger partial charge in [-0.25, -0.2) is 0 Å². The summed E-state index contributed by atoms with van der Waals surface area (Å²) in [6.45, 7) is 0.478. The summed E-state index contributed by atoms with van der Waals surface area (Å²) in [5, 5.41) is 3.05. The molecule has 0 aliphatic rings. The predicted molar refractivity (Wildman–Crippen MR) is 73.6 cm³/mol. The van der Waals surface area contributed by atoms with Gasteiger partial charge in [0.05, 0.1) is 6.54 Å². The molecule has 2 aromatic rings. The van der Waals surface area contributed by atoms with Crippen LogP contribution in [0.2, 0.25) is 0 Å². The smallest absolute Gasteiger partial charge is 0.193 e. The number of benzene rings is 2. The van der Waals surface area contributed by atoms with Crippen molar-refractivity contribution in [2.75, 3.05) is 11.9 Å². The molecule has 0 amide bonds. The molecule has 0 aliphatic heterocycles. The van der Waals surface area contributed by atoms with E-state index in [-0.39, 0.29) is 5.78 Å². The van der Waals surface area contributed by atoms with Crippen molar-refractivity contribution in [3.8, 4) is 12.3 Å². The SMILES string of the molecule is C#CCNc1ccc(C(=O)c2ccccc2)cc1. The van der Waals surface area contributed by atoms with Crippen molar-refractivity contribution in [2.24, 2.45) is 0 Å². The fourth-order valence-electron chi connectivity index (χ4n) is 1.65. The molecule has 1 N–H and O–H groups in total. The van der Waals surface area contributed by atoms with Crippen molar-refractivity contribution in [3.05, 3.63) is 65.7 Å². The molecule has 0 radical (unpaired) electrons. The Morgan fingerprint density at radius 1 is 1.00 bits per heavy atom. The average Bonchev–Trinajstić information content (AvgIpc) is 2.46. The van der Waals surface area contributed by atoms with E-state index in [1.54, 1.807) is 12.1 Å². The van der Waals surface area contributed by atoms with Crippen molar-refractivity contribution in [3.63, 3.8) is 0 Å². The lowest BCUT2D eigenvalue weighted by Crippen LogP contribution is -2.02. The van der Waals surface area contributed by atoms with Crippen LogP contribution in [0.4, 0.5) is 5.69 Å². The maximum atomic E-state index is 12.1. The zero-order chi connectivity index (χ0) is 12.8. The first-order chi connectivity index (χ1) is 8.81. The third-order valence-corrected chi connectivity index (χ3v) is 2.58. The first kappa shape index (κ1) is 11.9. The number of carbonyl (C=O) groups is 1. The Morgan fingerprint density at radius 2 is 1.61 bits per heavy atom. The van der Waals surface area contributed by atoms with Crippen molar-refractivity contribution in [1.29, 1.82) is 0 Å². The van der Waals surface area contributed by atoms with Crippen LogP contribution in [0.25, 0.3) is 0 Å². The predicted octanol–water partition coefficient (Wildman–Crippen LogP) is 2.96. The van der Waals surface area contributed by atoms with Gasteiger partial charge in [0.25, 0.3) is 0 Å². The van der Waals surface area contributed by atoms with Crippen LogP contribution in [0, 0.1) is 12.3 Å². The minimum atomic E-state index is 0.0269. The molecule has 0 atom stereocenters. The van der Waals surface area contributed by atoms with Crippen molar-refractivity contribution < 1.29 is 4.79 Å². The van der Waals surface area contributed by atoms with Gasteiger partial charge in [-0.3, -0.25) is 4.79 Å². The maximum absolute atomic E-state index is 12.1. The zero-order valence-corrected chi connectivity index (χ0v) is 9.89. The van der Waals surface area contributed by atoms with Gasteiger partial charge in [-0.05, 0) is 24.3 Å². The van der Waals surface area contributed by atoms with Crippen molar-refractivity contribution in [1.82, 2.24) is 0 Å². The summed E-state index contributed by atoms with van der Waals surface area (Å²) in [6, 6.07) is 16.5. The van der Waals surface area contributed by atoms with Gasteiger partial charge in [0, 0.05) is 16.8 Å². The quantitative estimate of drug-likeness (QED) is 0.652. The lowest BCUT2D eigenvalue weighted by atomic mass is 10.0. The molecule has 88 valence electrons. The summed E-state index contributed by atoms with van der Waals surface area (Å²) in [6.07, 6.45) is 5.16. The first-order valence-corrected chi connectivity index (χ1v) is 5.68. The molecule has 2 heteroatoms. The first-order valence-electron chi connectivity index (χ1n) is 5.68. The number of rotatable bonds is 4. The topological polar surface area (TPSA) is 29.1 Å². The van der Waals surface area contributed by atoms with Crippen LogP contribution in [0.15, 0.2) is 54.6 Å². The van der Waals surface area contributed by atoms with E-state index >= 15 is 0 Å². The molecule has 0 unspecified atom stereocenters. The molecule has 0 spiro atoms. The van der Waals surface area contributed by atoms with E-state index in [1.807, 2.05) is 42.5 Å². The van der Waals surface area contributed by atoms with Gasteiger partial charge in [-0.1, -0.05) is 36.3 Å². The second-order valence-electron chi connectivity index (χ2n) is 3.83. The number of hydrogen-bond acceptors (Lipinski definition) is 2. The Morgan fingerprint density at radius 3 is 2.22 bits per heavy atom. The Balaban J connectivity index is 2.15. The van der Waals surface area contributed by atoms with E-state index in [1.165, 1.54) is 0 Å². The van der Waals surface area contributed by atoms with E-state index in [0.717, 1.165) is 5.69 Å². The van der Waals surface area contributed by atoms with Gasteiger partial charge < -0.3 is 5.32 Å². The standard InChI is InChI=1S/C16H13NO/c1-2-12-17-15-10-8-14(9-11-15)16(18)13-6-4-3-5-7-13/h1,3-11,17H,12H2. The molecule has 0 aliphatic carbocycles.